The molecule has 0 saturated carbocycles. The molecule has 1 rings (SSSR count). The fourth-order valence-electron chi connectivity index (χ4n) is 2.29. The summed E-state index contributed by atoms with van der Waals surface area (Å²) < 4.78 is 31.6. The van der Waals surface area contributed by atoms with Gasteiger partial charge < -0.3 is 10.1 Å². The van der Waals surface area contributed by atoms with Crippen LogP contribution in [-0.2, 0) is 11.2 Å². The van der Waals surface area contributed by atoms with Crippen molar-refractivity contribution in [3.05, 3.63) is 35.4 Å². The highest BCUT2D eigenvalue weighted by atomic mass is 19.1. The van der Waals surface area contributed by atoms with Crippen LogP contribution in [0.2, 0.25) is 0 Å². The molecule has 0 saturated heterocycles. The van der Waals surface area contributed by atoms with E-state index in [9.17, 15) is 8.78 Å². The fraction of sp³-hybridized carbons (Fsp3) is 0.625. The molecule has 0 bridgehead atoms. The predicted octanol–water partition coefficient (Wildman–Crippen LogP) is 3.55. The van der Waals surface area contributed by atoms with Gasteiger partial charge in [-0.3, -0.25) is 0 Å². The lowest BCUT2D eigenvalue weighted by atomic mass is 9.92. The van der Waals surface area contributed by atoms with Gasteiger partial charge in [-0.15, -0.1) is 0 Å². The van der Waals surface area contributed by atoms with Gasteiger partial charge in [0.25, 0.3) is 0 Å². The first-order chi connectivity index (χ1) is 9.56. The van der Waals surface area contributed by atoms with E-state index in [4.69, 9.17) is 4.74 Å². The van der Waals surface area contributed by atoms with E-state index in [1.54, 1.807) is 7.11 Å². The molecule has 0 radical (unpaired) electrons. The lowest BCUT2D eigenvalue weighted by molar-refractivity contribution is 0.170. The van der Waals surface area contributed by atoms with Gasteiger partial charge in [-0.2, -0.15) is 0 Å². The van der Waals surface area contributed by atoms with Gasteiger partial charge in [-0.1, -0.05) is 13.8 Å². The summed E-state index contributed by atoms with van der Waals surface area (Å²) in [5.41, 5.74) is 0.695. The first kappa shape index (κ1) is 17.1. The monoisotopic (exact) mass is 285 g/mol. The molecular weight excluding hydrogens is 260 g/mol. The van der Waals surface area contributed by atoms with Crippen molar-refractivity contribution in [3.8, 4) is 0 Å². The van der Waals surface area contributed by atoms with Gasteiger partial charge >= 0.3 is 0 Å². The molecule has 0 aliphatic rings. The van der Waals surface area contributed by atoms with Crippen molar-refractivity contribution in [1.82, 2.24) is 5.32 Å². The predicted molar refractivity (Wildman–Crippen MR) is 77.8 cm³/mol. The Morgan fingerprint density at radius 2 is 1.85 bits per heavy atom. The zero-order chi connectivity index (χ0) is 15.0. The molecule has 1 aromatic rings. The molecule has 2 atom stereocenters. The van der Waals surface area contributed by atoms with E-state index in [0.29, 0.717) is 24.5 Å². The van der Waals surface area contributed by atoms with E-state index < -0.39 is 11.6 Å². The maximum atomic E-state index is 13.3. The minimum atomic E-state index is -0.515. The van der Waals surface area contributed by atoms with Gasteiger partial charge in [-0.05, 0) is 49.4 Å². The summed E-state index contributed by atoms with van der Waals surface area (Å²) in [5.74, 6) is -0.648. The third-order valence-corrected chi connectivity index (χ3v) is 3.50. The van der Waals surface area contributed by atoms with Crippen LogP contribution >= 0.6 is 0 Å². The Labute approximate surface area is 120 Å². The summed E-state index contributed by atoms with van der Waals surface area (Å²) in [7, 11) is 1.68. The average molecular weight is 285 g/mol. The molecule has 1 N–H and O–H groups in total. The SMILES string of the molecule is CCCNC(Cc1cc(F)cc(F)c1)C(C)CCOC. The zero-order valence-electron chi connectivity index (χ0n) is 12.6. The van der Waals surface area contributed by atoms with Gasteiger partial charge in [-0.25, -0.2) is 8.78 Å². The van der Waals surface area contributed by atoms with Crippen LogP contribution < -0.4 is 5.32 Å². The van der Waals surface area contributed by atoms with E-state index in [-0.39, 0.29) is 6.04 Å². The maximum absolute atomic E-state index is 13.3. The molecule has 0 aliphatic heterocycles. The molecular formula is C16H25F2NO. The minimum absolute atomic E-state index is 0.200. The largest absolute Gasteiger partial charge is 0.385 e. The van der Waals surface area contributed by atoms with Crippen molar-refractivity contribution in [2.75, 3.05) is 20.3 Å². The molecule has 4 heteroatoms. The van der Waals surface area contributed by atoms with Gasteiger partial charge in [0.05, 0.1) is 0 Å². The summed E-state index contributed by atoms with van der Waals surface area (Å²) in [5, 5.41) is 3.47. The molecule has 0 amide bonds. The standard InChI is InChI=1S/C16H25F2NO/c1-4-6-19-16(12(2)5-7-20-3)10-13-8-14(17)11-15(18)9-13/h8-9,11-12,16,19H,4-7,10H2,1-3H3. The van der Waals surface area contributed by atoms with Gasteiger partial charge in [0, 0.05) is 25.8 Å². The minimum Gasteiger partial charge on any atom is -0.385 e. The fourth-order valence-corrected chi connectivity index (χ4v) is 2.29. The van der Waals surface area contributed by atoms with Crippen LogP contribution in [0.25, 0.3) is 0 Å². The summed E-state index contributed by atoms with van der Waals surface area (Å²) in [4.78, 5) is 0. The quantitative estimate of drug-likeness (QED) is 0.749. The molecule has 1 aromatic carbocycles. The van der Waals surface area contributed by atoms with E-state index in [1.807, 2.05) is 0 Å². The first-order valence-corrected chi connectivity index (χ1v) is 7.24. The Morgan fingerprint density at radius 1 is 1.20 bits per heavy atom. The number of nitrogens with one attached hydrogen (secondary N) is 1. The third-order valence-electron chi connectivity index (χ3n) is 3.50. The van der Waals surface area contributed by atoms with E-state index in [0.717, 1.165) is 25.5 Å². The molecule has 0 fully saturated rings. The normalized spacial score (nSPS) is 14.2. The lowest BCUT2D eigenvalue weighted by Gasteiger charge is -2.25. The number of methoxy groups -OCH3 is 1. The van der Waals surface area contributed by atoms with Gasteiger partial charge in [0.1, 0.15) is 11.6 Å². The van der Waals surface area contributed by atoms with E-state index >= 15 is 0 Å². The molecule has 2 unspecified atom stereocenters. The molecule has 0 aliphatic carbocycles. The van der Waals surface area contributed by atoms with Crippen molar-refractivity contribution < 1.29 is 13.5 Å². The van der Waals surface area contributed by atoms with Crippen LogP contribution in [0.1, 0.15) is 32.3 Å². The van der Waals surface area contributed by atoms with Crippen LogP contribution in [-0.4, -0.2) is 26.3 Å². The van der Waals surface area contributed by atoms with Crippen molar-refractivity contribution in [2.24, 2.45) is 5.92 Å². The Morgan fingerprint density at radius 3 is 2.40 bits per heavy atom. The molecule has 0 heterocycles. The smallest absolute Gasteiger partial charge is 0.126 e. The average Bonchev–Trinajstić information content (AvgIpc) is 2.39. The lowest BCUT2D eigenvalue weighted by Crippen LogP contribution is -2.38. The molecule has 0 spiro atoms. The maximum Gasteiger partial charge on any atom is 0.126 e. The Hall–Kier alpha value is -1.00. The Balaban J connectivity index is 2.71. The Bertz CT molecular complexity index is 378. The second-order valence-electron chi connectivity index (χ2n) is 5.30. The third kappa shape index (κ3) is 5.97. The highest BCUT2D eigenvalue weighted by Gasteiger charge is 2.17. The second-order valence-corrected chi connectivity index (χ2v) is 5.30. The number of rotatable bonds is 9. The number of hydrogen-bond acceptors (Lipinski definition) is 2. The topological polar surface area (TPSA) is 21.3 Å². The van der Waals surface area contributed by atoms with Gasteiger partial charge in [0.15, 0.2) is 0 Å². The number of hydrogen-bond donors (Lipinski definition) is 1. The number of halogens is 2. The van der Waals surface area contributed by atoms with E-state index in [2.05, 4.69) is 19.2 Å². The summed E-state index contributed by atoms with van der Waals surface area (Å²) in [6.45, 7) is 5.84. The van der Waals surface area contributed by atoms with Crippen LogP contribution in [0.3, 0.4) is 0 Å². The van der Waals surface area contributed by atoms with Crippen molar-refractivity contribution in [1.29, 1.82) is 0 Å². The van der Waals surface area contributed by atoms with Gasteiger partial charge in [0.2, 0.25) is 0 Å². The summed E-state index contributed by atoms with van der Waals surface area (Å²) in [6.07, 6.45) is 2.58. The molecule has 114 valence electrons. The molecule has 2 nitrogen and oxygen atoms in total. The highest BCUT2D eigenvalue weighted by molar-refractivity contribution is 5.19. The van der Waals surface area contributed by atoms with Crippen LogP contribution in [0.15, 0.2) is 18.2 Å². The van der Waals surface area contributed by atoms with Crippen LogP contribution in [0, 0.1) is 17.6 Å². The van der Waals surface area contributed by atoms with E-state index in [1.165, 1.54) is 12.1 Å². The first-order valence-electron chi connectivity index (χ1n) is 7.24. The van der Waals surface area contributed by atoms with Crippen LogP contribution in [0.5, 0.6) is 0 Å². The van der Waals surface area contributed by atoms with Crippen molar-refractivity contribution in [2.45, 2.75) is 39.2 Å². The summed E-state index contributed by atoms with van der Waals surface area (Å²) >= 11 is 0. The summed E-state index contributed by atoms with van der Waals surface area (Å²) in [6, 6.07) is 3.93. The second kappa shape index (κ2) is 9.03. The molecule has 20 heavy (non-hydrogen) atoms. The Kier molecular flexibility index (Phi) is 7.70. The molecule has 0 aromatic heterocycles. The number of benzene rings is 1. The number of ether oxygens (including phenoxy) is 1. The van der Waals surface area contributed by atoms with Crippen LogP contribution in [0.4, 0.5) is 8.78 Å². The van der Waals surface area contributed by atoms with Crippen molar-refractivity contribution >= 4 is 0 Å². The zero-order valence-corrected chi connectivity index (χ0v) is 12.6. The highest BCUT2D eigenvalue weighted by Crippen LogP contribution is 2.16. The van der Waals surface area contributed by atoms with Crippen molar-refractivity contribution in [3.63, 3.8) is 0 Å².